The molecule has 1 unspecified atom stereocenters. The van der Waals surface area contributed by atoms with Crippen molar-refractivity contribution in [3.05, 3.63) is 35.4 Å². The lowest BCUT2D eigenvalue weighted by Crippen LogP contribution is -2.54. The van der Waals surface area contributed by atoms with Crippen molar-refractivity contribution in [3.63, 3.8) is 0 Å². The molecule has 20 heavy (non-hydrogen) atoms. The van der Waals surface area contributed by atoms with E-state index in [9.17, 15) is 4.79 Å². The molecule has 1 atom stereocenters. The van der Waals surface area contributed by atoms with E-state index in [-0.39, 0.29) is 17.6 Å². The summed E-state index contributed by atoms with van der Waals surface area (Å²) < 4.78 is 5.53. The lowest BCUT2D eigenvalue weighted by molar-refractivity contribution is -0.127. The van der Waals surface area contributed by atoms with E-state index in [1.807, 2.05) is 12.1 Å². The Kier molecular flexibility index (Phi) is 3.76. The Morgan fingerprint density at radius 1 is 1.40 bits per heavy atom. The van der Waals surface area contributed by atoms with Crippen molar-refractivity contribution in [2.24, 2.45) is 0 Å². The van der Waals surface area contributed by atoms with Crippen LogP contribution in [0.2, 0.25) is 0 Å². The number of carbonyl (C=O) groups excluding carboxylic acids is 1. The monoisotopic (exact) mass is 274 g/mol. The number of benzene rings is 1. The predicted molar refractivity (Wildman–Crippen MR) is 77.4 cm³/mol. The number of hydrogen-bond acceptors (Lipinski definition) is 3. The van der Waals surface area contributed by atoms with E-state index in [1.54, 1.807) is 7.11 Å². The van der Waals surface area contributed by atoms with Crippen LogP contribution in [0.3, 0.4) is 0 Å². The number of carbonyl (C=O) groups is 1. The first-order chi connectivity index (χ1) is 9.72. The highest BCUT2D eigenvalue weighted by Crippen LogP contribution is 2.34. The summed E-state index contributed by atoms with van der Waals surface area (Å²) in [6.45, 7) is 1.39. The van der Waals surface area contributed by atoms with Gasteiger partial charge in [0.05, 0.1) is 11.6 Å². The van der Waals surface area contributed by atoms with Crippen LogP contribution in [0.15, 0.2) is 24.3 Å². The Hall–Kier alpha value is -1.39. The molecule has 1 saturated carbocycles. The van der Waals surface area contributed by atoms with Gasteiger partial charge in [0.25, 0.3) is 0 Å². The fourth-order valence-corrected chi connectivity index (χ4v) is 3.04. The van der Waals surface area contributed by atoms with Crippen molar-refractivity contribution < 1.29 is 9.53 Å². The first kappa shape index (κ1) is 13.6. The molecule has 1 aromatic rings. The molecule has 0 aromatic heterocycles. The first-order valence-electron chi connectivity index (χ1n) is 7.35. The summed E-state index contributed by atoms with van der Waals surface area (Å²) in [7, 11) is 1.74. The topological polar surface area (TPSA) is 50.4 Å². The quantitative estimate of drug-likeness (QED) is 0.872. The molecule has 0 bridgehead atoms. The van der Waals surface area contributed by atoms with Gasteiger partial charge in [0.15, 0.2) is 0 Å². The van der Waals surface area contributed by atoms with Gasteiger partial charge in [-0.2, -0.15) is 0 Å². The third kappa shape index (κ3) is 2.58. The van der Waals surface area contributed by atoms with E-state index in [1.165, 1.54) is 17.5 Å². The Balaban J connectivity index is 1.56. The minimum atomic E-state index is -0.126. The molecule has 2 N–H and O–H groups in total. The third-order valence-corrected chi connectivity index (χ3v) is 4.68. The largest absolute Gasteiger partial charge is 0.376 e. The Labute approximate surface area is 119 Å². The van der Waals surface area contributed by atoms with Gasteiger partial charge in [0.2, 0.25) is 5.91 Å². The Morgan fingerprint density at radius 3 is 2.80 bits per heavy atom. The summed E-state index contributed by atoms with van der Waals surface area (Å²) in [6.07, 6.45) is 4.05. The molecule has 0 radical (unpaired) electrons. The number of rotatable bonds is 4. The maximum atomic E-state index is 12.3. The summed E-state index contributed by atoms with van der Waals surface area (Å²) in [5, 5.41) is 6.36. The zero-order valence-corrected chi connectivity index (χ0v) is 11.9. The second-order valence-electron chi connectivity index (χ2n) is 5.86. The standard InChI is InChI=1S/C16H22N2O2/c1-20-16(7-4-8-16)11-18-15(19)14-9-12-5-2-3-6-13(12)10-17-14/h2-3,5-6,14,17H,4,7-11H2,1H3,(H,18,19). The van der Waals surface area contributed by atoms with Gasteiger partial charge in [-0.25, -0.2) is 0 Å². The fraction of sp³-hybridized carbons (Fsp3) is 0.562. The van der Waals surface area contributed by atoms with Crippen molar-refractivity contribution >= 4 is 5.91 Å². The third-order valence-electron chi connectivity index (χ3n) is 4.68. The predicted octanol–water partition coefficient (Wildman–Crippen LogP) is 1.39. The zero-order valence-electron chi connectivity index (χ0n) is 11.9. The Morgan fingerprint density at radius 2 is 2.15 bits per heavy atom. The molecule has 1 heterocycles. The van der Waals surface area contributed by atoms with Crippen LogP contribution in [0.1, 0.15) is 30.4 Å². The molecule has 4 heteroatoms. The van der Waals surface area contributed by atoms with Crippen molar-refractivity contribution in [3.8, 4) is 0 Å². The molecular formula is C16H22N2O2. The van der Waals surface area contributed by atoms with E-state index < -0.39 is 0 Å². The number of amides is 1. The molecule has 1 aliphatic heterocycles. The van der Waals surface area contributed by atoms with Crippen LogP contribution < -0.4 is 10.6 Å². The molecule has 1 aromatic carbocycles. The van der Waals surface area contributed by atoms with Gasteiger partial charge in [-0.05, 0) is 36.8 Å². The molecule has 2 aliphatic rings. The summed E-state index contributed by atoms with van der Waals surface area (Å²) in [4.78, 5) is 12.3. The summed E-state index contributed by atoms with van der Waals surface area (Å²) in [5.74, 6) is 0.0860. The summed E-state index contributed by atoms with van der Waals surface area (Å²) in [6, 6.07) is 8.18. The van der Waals surface area contributed by atoms with Gasteiger partial charge >= 0.3 is 0 Å². The van der Waals surface area contributed by atoms with Crippen LogP contribution in [-0.4, -0.2) is 31.2 Å². The van der Waals surface area contributed by atoms with Crippen LogP contribution >= 0.6 is 0 Å². The maximum absolute atomic E-state index is 12.3. The Bertz CT molecular complexity index is 491. The van der Waals surface area contributed by atoms with Gasteiger partial charge in [0, 0.05) is 20.2 Å². The number of fused-ring (bicyclic) bond motifs is 1. The minimum Gasteiger partial charge on any atom is -0.376 e. The number of methoxy groups -OCH3 is 1. The fourth-order valence-electron chi connectivity index (χ4n) is 3.04. The molecule has 4 nitrogen and oxygen atoms in total. The van der Waals surface area contributed by atoms with E-state index >= 15 is 0 Å². The van der Waals surface area contributed by atoms with Crippen LogP contribution in [0, 0.1) is 0 Å². The molecular weight excluding hydrogens is 252 g/mol. The van der Waals surface area contributed by atoms with Gasteiger partial charge in [-0.15, -0.1) is 0 Å². The minimum absolute atomic E-state index is 0.0860. The maximum Gasteiger partial charge on any atom is 0.237 e. The molecule has 108 valence electrons. The highest BCUT2D eigenvalue weighted by atomic mass is 16.5. The molecule has 1 fully saturated rings. The summed E-state index contributed by atoms with van der Waals surface area (Å²) in [5.41, 5.74) is 2.46. The average molecular weight is 274 g/mol. The zero-order chi connectivity index (χ0) is 14.0. The van der Waals surface area contributed by atoms with Gasteiger partial charge in [-0.3, -0.25) is 4.79 Å². The van der Waals surface area contributed by atoms with E-state index in [0.29, 0.717) is 6.54 Å². The summed E-state index contributed by atoms with van der Waals surface area (Å²) >= 11 is 0. The number of ether oxygens (including phenoxy) is 1. The van der Waals surface area contributed by atoms with Crippen LogP contribution in [0.4, 0.5) is 0 Å². The lowest BCUT2D eigenvalue weighted by atomic mass is 9.80. The number of nitrogens with one attached hydrogen (secondary N) is 2. The first-order valence-corrected chi connectivity index (χ1v) is 7.35. The van der Waals surface area contributed by atoms with Gasteiger partial charge in [0.1, 0.15) is 0 Å². The van der Waals surface area contributed by atoms with Crippen LogP contribution in [0.5, 0.6) is 0 Å². The molecule has 3 rings (SSSR count). The lowest BCUT2D eigenvalue weighted by Gasteiger charge is -2.40. The number of hydrogen-bond donors (Lipinski definition) is 2. The normalized spacial score (nSPS) is 23.6. The highest BCUT2D eigenvalue weighted by molar-refractivity contribution is 5.82. The molecule has 0 spiro atoms. The highest BCUT2D eigenvalue weighted by Gasteiger charge is 2.37. The SMILES string of the molecule is COC1(CNC(=O)C2Cc3ccccc3CN2)CCC1. The van der Waals surface area contributed by atoms with Gasteiger partial charge in [-0.1, -0.05) is 24.3 Å². The van der Waals surface area contributed by atoms with E-state index in [4.69, 9.17) is 4.74 Å². The van der Waals surface area contributed by atoms with E-state index in [0.717, 1.165) is 25.8 Å². The van der Waals surface area contributed by atoms with Crippen molar-refractivity contribution in [1.29, 1.82) is 0 Å². The van der Waals surface area contributed by atoms with Crippen LogP contribution in [-0.2, 0) is 22.5 Å². The van der Waals surface area contributed by atoms with Crippen LogP contribution in [0.25, 0.3) is 0 Å². The van der Waals surface area contributed by atoms with Crippen molar-refractivity contribution in [1.82, 2.24) is 10.6 Å². The molecule has 0 saturated heterocycles. The molecule has 1 amide bonds. The average Bonchev–Trinajstić information content (AvgIpc) is 2.46. The molecule has 1 aliphatic carbocycles. The second kappa shape index (κ2) is 5.54. The van der Waals surface area contributed by atoms with Gasteiger partial charge < -0.3 is 15.4 Å². The van der Waals surface area contributed by atoms with Crippen molar-refractivity contribution in [2.45, 2.75) is 43.9 Å². The second-order valence-corrected chi connectivity index (χ2v) is 5.86. The van der Waals surface area contributed by atoms with E-state index in [2.05, 4.69) is 22.8 Å². The van der Waals surface area contributed by atoms with Crippen molar-refractivity contribution in [2.75, 3.05) is 13.7 Å². The smallest absolute Gasteiger partial charge is 0.237 e.